The second-order valence-electron chi connectivity index (χ2n) is 5.33. The summed E-state index contributed by atoms with van der Waals surface area (Å²) in [5.74, 6) is 4.14. The van der Waals surface area contributed by atoms with Gasteiger partial charge in [-0.25, -0.2) is 0 Å². The summed E-state index contributed by atoms with van der Waals surface area (Å²) in [6.07, 6.45) is 2.48. The van der Waals surface area contributed by atoms with Crippen LogP contribution in [0.15, 0.2) is 0 Å². The van der Waals surface area contributed by atoms with Gasteiger partial charge in [-0.3, -0.25) is 0 Å². The Kier molecular flexibility index (Phi) is 1.18. The summed E-state index contributed by atoms with van der Waals surface area (Å²) in [4.78, 5) is 0. The molecule has 0 spiro atoms. The van der Waals surface area contributed by atoms with Crippen LogP contribution in [-0.2, 0) is 9.47 Å². The summed E-state index contributed by atoms with van der Waals surface area (Å²) in [7, 11) is 0. The van der Waals surface area contributed by atoms with Gasteiger partial charge in [-0.05, 0) is 36.0 Å². The monoisotopic (exact) mass is 180 g/mol. The van der Waals surface area contributed by atoms with Crippen LogP contribution in [0.5, 0.6) is 0 Å². The number of hydrogen-bond acceptors (Lipinski definition) is 2. The molecule has 0 aromatic heterocycles. The Morgan fingerprint density at radius 3 is 2.77 bits per heavy atom. The molecular weight excluding hydrogens is 164 g/mol. The van der Waals surface area contributed by atoms with E-state index in [-0.39, 0.29) is 0 Å². The standard InChI is InChI=1S/C11H16O2/c1-5-10-8-4-12-9(10)2-6-7(8)3-13-11(5)6/h5-11H,2-4H2,1H3/t5-,6+,7+,8-,9+,10+,11+/m0/s1. The molecule has 6 bridgehead atoms. The van der Waals surface area contributed by atoms with Crippen molar-refractivity contribution in [2.45, 2.75) is 25.6 Å². The molecule has 0 aromatic carbocycles. The van der Waals surface area contributed by atoms with Crippen molar-refractivity contribution in [3.63, 3.8) is 0 Å². The second-order valence-corrected chi connectivity index (χ2v) is 5.33. The van der Waals surface area contributed by atoms with Gasteiger partial charge in [0, 0.05) is 0 Å². The number of ether oxygens (including phenoxy) is 2. The molecule has 5 rings (SSSR count). The van der Waals surface area contributed by atoms with Crippen molar-refractivity contribution < 1.29 is 9.47 Å². The van der Waals surface area contributed by atoms with Crippen LogP contribution >= 0.6 is 0 Å². The predicted molar refractivity (Wildman–Crippen MR) is 47.2 cm³/mol. The lowest BCUT2D eigenvalue weighted by atomic mass is 9.55. The summed E-state index contributed by atoms with van der Waals surface area (Å²) in [5.41, 5.74) is 0. The highest BCUT2D eigenvalue weighted by Crippen LogP contribution is 2.59. The Morgan fingerprint density at radius 1 is 1.00 bits per heavy atom. The van der Waals surface area contributed by atoms with Crippen molar-refractivity contribution in [1.82, 2.24) is 0 Å². The van der Waals surface area contributed by atoms with Crippen molar-refractivity contribution in [2.24, 2.45) is 29.6 Å². The number of rotatable bonds is 0. The maximum atomic E-state index is 5.92. The van der Waals surface area contributed by atoms with Gasteiger partial charge in [-0.15, -0.1) is 0 Å². The molecule has 0 unspecified atom stereocenters. The van der Waals surface area contributed by atoms with Crippen LogP contribution in [0.1, 0.15) is 13.3 Å². The molecule has 7 atom stereocenters. The maximum Gasteiger partial charge on any atom is 0.0637 e. The first kappa shape index (κ1) is 7.24. The highest BCUT2D eigenvalue weighted by molar-refractivity contribution is 5.10. The molecule has 2 nitrogen and oxygen atoms in total. The van der Waals surface area contributed by atoms with Crippen molar-refractivity contribution in [1.29, 1.82) is 0 Å². The lowest BCUT2D eigenvalue weighted by Crippen LogP contribution is -2.51. The first-order valence-corrected chi connectivity index (χ1v) is 5.59. The largest absolute Gasteiger partial charge is 0.378 e. The van der Waals surface area contributed by atoms with Crippen molar-refractivity contribution >= 4 is 0 Å². The van der Waals surface area contributed by atoms with Crippen LogP contribution in [0.2, 0.25) is 0 Å². The quantitative estimate of drug-likeness (QED) is 0.559. The third-order valence-corrected chi connectivity index (χ3v) is 5.06. The fraction of sp³-hybridized carbons (Fsp3) is 1.00. The van der Waals surface area contributed by atoms with Gasteiger partial charge in [-0.2, -0.15) is 0 Å². The average molecular weight is 180 g/mol. The van der Waals surface area contributed by atoms with Crippen LogP contribution < -0.4 is 0 Å². The van der Waals surface area contributed by atoms with E-state index in [1.807, 2.05) is 0 Å². The van der Waals surface area contributed by atoms with Crippen LogP contribution in [0, 0.1) is 29.6 Å². The van der Waals surface area contributed by atoms with Crippen molar-refractivity contribution in [3.8, 4) is 0 Å². The smallest absolute Gasteiger partial charge is 0.0637 e. The Hall–Kier alpha value is -0.0800. The molecule has 0 N–H and O–H groups in total. The Balaban J connectivity index is 1.84. The zero-order chi connectivity index (χ0) is 8.58. The van der Waals surface area contributed by atoms with Gasteiger partial charge < -0.3 is 9.47 Å². The molecule has 3 aliphatic carbocycles. The van der Waals surface area contributed by atoms with E-state index in [0.717, 1.165) is 42.8 Å². The lowest BCUT2D eigenvalue weighted by molar-refractivity contribution is -0.0676. The Morgan fingerprint density at radius 2 is 1.85 bits per heavy atom. The first-order chi connectivity index (χ1) is 6.36. The third-order valence-electron chi connectivity index (χ3n) is 5.06. The maximum absolute atomic E-state index is 5.92. The molecular formula is C11H16O2. The molecule has 13 heavy (non-hydrogen) atoms. The van der Waals surface area contributed by atoms with Crippen LogP contribution in [0.25, 0.3) is 0 Å². The van der Waals surface area contributed by atoms with Gasteiger partial charge in [-0.1, -0.05) is 6.92 Å². The highest BCUT2D eigenvalue weighted by Gasteiger charge is 2.63. The Labute approximate surface area is 78.6 Å². The van der Waals surface area contributed by atoms with Crippen molar-refractivity contribution in [3.05, 3.63) is 0 Å². The molecule has 5 aliphatic rings. The van der Waals surface area contributed by atoms with Gasteiger partial charge in [0.25, 0.3) is 0 Å². The minimum absolute atomic E-state index is 0.587. The van der Waals surface area contributed by atoms with Gasteiger partial charge >= 0.3 is 0 Å². The zero-order valence-electron chi connectivity index (χ0n) is 7.98. The average Bonchev–Trinajstić information content (AvgIpc) is 2.65. The van der Waals surface area contributed by atoms with E-state index in [0.29, 0.717) is 12.2 Å². The molecule has 72 valence electrons. The predicted octanol–water partition coefficient (Wildman–Crippen LogP) is 1.30. The van der Waals surface area contributed by atoms with Crippen molar-refractivity contribution in [2.75, 3.05) is 13.2 Å². The SMILES string of the molecule is C[C@@H]1[C@H]2OC[C@@H]3[C@H]2C[C@H]2OC[C@@H]3[C@@H]12. The summed E-state index contributed by atoms with van der Waals surface area (Å²) in [6, 6.07) is 0. The molecule has 2 saturated heterocycles. The number of hydrogen-bond donors (Lipinski definition) is 0. The first-order valence-electron chi connectivity index (χ1n) is 5.59. The van der Waals surface area contributed by atoms with Gasteiger partial charge in [0.2, 0.25) is 0 Å². The van der Waals surface area contributed by atoms with Crippen LogP contribution in [-0.4, -0.2) is 25.4 Å². The molecule has 2 aliphatic heterocycles. The van der Waals surface area contributed by atoms with E-state index in [1.54, 1.807) is 0 Å². The van der Waals surface area contributed by atoms with Gasteiger partial charge in [0.05, 0.1) is 25.4 Å². The lowest BCUT2D eigenvalue weighted by Gasteiger charge is -2.48. The normalized spacial score (nSPS) is 67.6. The van der Waals surface area contributed by atoms with E-state index in [9.17, 15) is 0 Å². The van der Waals surface area contributed by atoms with E-state index in [2.05, 4.69) is 6.92 Å². The van der Waals surface area contributed by atoms with Gasteiger partial charge in [0.15, 0.2) is 0 Å². The van der Waals surface area contributed by atoms with Crippen LogP contribution in [0.3, 0.4) is 0 Å². The van der Waals surface area contributed by atoms with E-state index < -0.39 is 0 Å². The Bertz CT molecular complexity index is 250. The molecule has 0 amide bonds. The fourth-order valence-corrected chi connectivity index (χ4v) is 4.59. The summed E-state index contributed by atoms with van der Waals surface area (Å²) < 4.78 is 11.8. The van der Waals surface area contributed by atoms with Gasteiger partial charge in [0.1, 0.15) is 0 Å². The summed E-state index contributed by atoms with van der Waals surface area (Å²) >= 11 is 0. The molecule has 5 fully saturated rings. The topological polar surface area (TPSA) is 18.5 Å². The zero-order valence-corrected chi connectivity index (χ0v) is 7.98. The molecule has 3 saturated carbocycles. The van der Waals surface area contributed by atoms with Crippen LogP contribution in [0.4, 0.5) is 0 Å². The minimum atomic E-state index is 0.587. The second kappa shape index (κ2) is 2.12. The highest BCUT2D eigenvalue weighted by atomic mass is 16.5. The summed E-state index contributed by atoms with van der Waals surface area (Å²) in [6.45, 7) is 4.42. The molecule has 0 radical (unpaired) electrons. The third kappa shape index (κ3) is 0.668. The summed E-state index contributed by atoms with van der Waals surface area (Å²) in [5, 5.41) is 0. The molecule has 0 aromatic rings. The molecule has 2 heterocycles. The van der Waals surface area contributed by atoms with E-state index in [4.69, 9.17) is 9.47 Å². The fourth-order valence-electron chi connectivity index (χ4n) is 4.59. The minimum Gasteiger partial charge on any atom is -0.378 e. The molecule has 2 heteroatoms. The van der Waals surface area contributed by atoms with E-state index in [1.165, 1.54) is 6.42 Å². The van der Waals surface area contributed by atoms with E-state index >= 15 is 0 Å².